The maximum Gasteiger partial charge on any atom is 0.328 e. The molecule has 2 aromatic carbocycles. The molecule has 0 radical (unpaired) electrons. The van der Waals surface area contributed by atoms with Crippen molar-refractivity contribution in [2.45, 2.75) is 38.6 Å². The second-order valence-electron chi connectivity index (χ2n) is 8.91. The third-order valence-electron chi connectivity index (χ3n) is 6.41. The lowest BCUT2D eigenvalue weighted by molar-refractivity contribution is -0.134. The molecule has 4 rings (SSSR count). The average Bonchev–Trinajstić information content (AvgIpc) is 3.32. The number of aryl methyl sites for hydroxylation is 1. The highest BCUT2D eigenvalue weighted by Crippen LogP contribution is 2.37. The van der Waals surface area contributed by atoms with Crippen molar-refractivity contribution in [3.05, 3.63) is 65.9 Å². The Labute approximate surface area is 216 Å². The Morgan fingerprint density at radius 1 is 1.03 bits per heavy atom. The molecule has 1 fully saturated rings. The smallest absolute Gasteiger partial charge is 0.328 e. The maximum atomic E-state index is 9.55. The lowest BCUT2D eigenvalue weighted by Gasteiger charge is -2.32. The van der Waals surface area contributed by atoms with Crippen molar-refractivity contribution in [1.82, 2.24) is 10.1 Å². The van der Waals surface area contributed by atoms with Gasteiger partial charge in [-0.25, -0.2) is 9.59 Å². The number of hydrogen-bond acceptors (Lipinski definition) is 7. The van der Waals surface area contributed by atoms with Gasteiger partial charge in [0, 0.05) is 24.1 Å². The number of likely N-dealkylation sites (tertiary alicyclic amines) is 1. The molecule has 0 bridgehead atoms. The van der Waals surface area contributed by atoms with Crippen molar-refractivity contribution in [2.75, 3.05) is 27.3 Å². The predicted octanol–water partition coefficient (Wildman–Crippen LogP) is 4.79. The first kappa shape index (κ1) is 27.7. The number of methoxy groups -OCH3 is 2. The molecule has 1 saturated heterocycles. The third-order valence-corrected chi connectivity index (χ3v) is 6.41. The molecule has 198 valence electrons. The minimum Gasteiger partial charge on any atom is -0.493 e. The highest BCUT2D eigenvalue weighted by Gasteiger charge is 2.20. The van der Waals surface area contributed by atoms with E-state index in [-0.39, 0.29) is 0 Å². The first-order chi connectivity index (χ1) is 17.9. The van der Waals surface area contributed by atoms with Crippen LogP contribution < -0.4 is 9.47 Å². The Morgan fingerprint density at radius 2 is 1.70 bits per heavy atom. The van der Waals surface area contributed by atoms with Crippen LogP contribution in [0.1, 0.15) is 36.9 Å². The van der Waals surface area contributed by atoms with Gasteiger partial charge in [-0.05, 0) is 68.8 Å². The molecule has 9 nitrogen and oxygen atoms in total. The highest BCUT2D eigenvalue weighted by atomic mass is 16.5. The zero-order valence-corrected chi connectivity index (χ0v) is 21.3. The number of aromatic nitrogens is 1. The fraction of sp³-hybridized carbons (Fsp3) is 0.393. The van der Waals surface area contributed by atoms with Gasteiger partial charge in [0.05, 0.1) is 19.9 Å². The van der Waals surface area contributed by atoms with E-state index in [1.54, 1.807) is 14.2 Å². The monoisotopic (exact) mass is 510 g/mol. The van der Waals surface area contributed by atoms with Crippen molar-refractivity contribution in [1.29, 1.82) is 0 Å². The van der Waals surface area contributed by atoms with E-state index in [1.807, 2.05) is 12.1 Å². The molecule has 2 heterocycles. The van der Waals surface area contributed by atoms with Crippen LogP contribution in [-0.4, -0.2) is 59.5 Å². The summed E-state index contributed by atoms with van der Waals surface area (Å²) in [6.07, 6.45) is 7.02. The van der Waals surface area contributed by atoms with Crippen molar-refractivity contribution < 1.29 is 33.8 Å². The largest absolute Gasteiger partial charge is 0.493 e. The third kappa shape index (κ3) is 8.35. The fourth-order valence-electron chi connectivity index (χ4n) is 4.52. The van der Waals surface area contributed by atoms with Gasteiger partial charge in [0.25, 0.3) is 0 Å². The van der Waals surface area contributed by atoms with Crippen LogP contribution in [0.4, 0.5) is 0 Å². The summed E-state index contributed by atoms with van der Waals surface area (Å²) in [7, 11) is 3.26. The van der Waals surface area contributed by atoms with Crippen LogP contribution in [0.25, 0.3) is 11.0 Å². The minimum atomic E-state index is -1.26. The molecule has 0 unspecified atom stereocenters. The molecule has 1 aromatic heterocycles. The molecule has 0 saturated carbocycles. The van der Waals surface area contributed by atoms with Gasteiger partial charge in [0.2, 0.25) is 11.3 Å². The second kappa shape index (κ2) is 14.0. The number of aliphatic carboxylic acids is 2. The maximum absolute atomic E-state index is 9.55. The van der Waals surface area contributed by atoms with E-state index in [0.29, 0.717) is 29.2 Å². The number of piperidine rings is 1. The normalized spacial score (nSPS) is 14.3. The SMILES string of the molecule is COc1ccc2c(CCCC3CCN(Cc4ccccc4)CC3)noc2c1OC.O=C(O)/C=C/C(=O)O. The first-order valence-electron chi connectivity index (χ1n) is 12.3. The van der Waals surface area contributed by atoms with Crippen LogP contribution in [0, 0.1) is 5.92 Å². The summed E-state index contributed by atoms with van der Waals surface area (Å²) in [6, 6.07) is 14.7. The molecule has 1 aliphatic heterocycles. The minimum absolute atomic E-state index is 0.558. The Balaban J connectivity index is 0.000000414. The number of carbonyl (C=O) groups is 2. The number of ether oxygens (including phenoxy) is 2. The van der Waals surface area contributed by atoms with E-state index in [0.717, 1.165) is 36.4 Å². The predicted molar refractivity (Wildman–Crippen MR) is 139 cm³/mol. The Morgan fingerprint density at radius 3 is 2.30 bits per heavy atom. The van der Waals surface area contributed by atoms with Gasteiger partial charge in [-0.3, -0.25) is 4.90 Å². The highest BCUT2D eigenvalue weighted by molar-refractivity contribution is 5.89. The van der Waals surface area contributed by atoms with Gasteiger partial charge in [0.1, 0.15) is 0 Å². The molecule has 3 aromatic rings. The summed E-state index contributed by atoms with van der Waals surface area (Å²) in [6.45, 7) is 3.47. The van der Waals surface area contributed by atoms with Crippen LogP contribution in [0.3, 0.4) is 0 Å². The number of hydrogen-bond donors (Lipinski definition) is 2. The average molecular weight is 511 g/mol. The molecule has 9 heteroatoms. The van der Waals surface area contributed by atoms with Gasteiger partial charge in [-0.1, -0.05) is 35.5 Å². The number of benzene rings is 2. The van der Waals surface area contributed by atoms with Gasteiger partial charge in [0.15, 0.2) is 5.75 Å². The van der Waals surface area contributed by atoms with E-state index in [4.69, 9.17) is 24.2 Å². The Bertz CT molecular complexity index is 1170. The summed E-state index contributed by atoms with van der Waals surface area (Å²) in [5, 5.41) is 21.0. The summed E-state index contributed by atoms with van der Waals surface area (Å²) in [5.41, 5.74) is 3.11. The zero-order valence-electron chi connectivity index (χ0n) is 21.3. The molecule has 1 aliphatic rings. The second-order valence-corrected chi connectivity index (χ2v) is 8.91. The van der Waals surface area contributed by atoms with Crippen molar-refractivity contribution in [2.24, 2.45) is 5.92 Å². The summed E-state index contributed by atoms with van der Waals surface area (Å²) >= 11 is 0. The van der Waals surface area contributed by atoms with E-state index in [9.17, 15) is 9.59 Å². The molecule has 0 amide bonds. The Kier molecular flexibility index (Phi) is 10.5. The first-order valence-corrected chi connectivity index (χ1v) is 12.3. The number of rotatable bonds is 10. The number of nitrogens with zero attached hydrogens (tertiary/aromatic N) is 2. The van der Waals surface area contributed by atoms with Crippen LogP contribution in [0.5, 0.6) is 11.5 Å². The van der Waals surface area contributed by atoms with Crippen LogP contribution in [-0.2, 0) is 22.6 Å². The number of carboxylic acids is 2. The van der Waals surface area contributed by atoms with E-state index in [2.05, 4.69) is 40.4 Å². The van der Waals surface area contributed by atoms with Crippen molar-refractivity contribution in [3.63, 3.8) is 0 Å². The van der Waals surface area contributed by atoms with E-state index in [1.165, 1.54) is 37.9 Å². The lowest BCUT2D eigenvalue weighted by atomic mass is 9.91. The molecule has 2 N–H and O–H groups in total. The van der Waals surface area contributed by atoms with Crippen molar-refractivity contribution >= 4 is 22.9 Å². The summed E-state index contributed by atoms with van der Waals surface area (Å²) < 4.78 is 16.4. The standard InChI is InChI=1S/C24H30N2O3.C4H4O4/c1-27-22-12-11-20-21(25-29-23(20)24(22)28-2)10-6-9-18-13-15-26(16-14-18)17-19-7-4-3-5-8-19;5-3(6)1-2-4(7)8/h3-5,7-8,11-12,18H,6,9-10,13-17H2,1-2H3;1-2H,(H,5,6)(H,7,8)/b;2-1+. The fourth-order valence-corrected chi connectivity index (χ4v) is 4.52. The van der Waals surface area contributed by atoms with Crippen molar-refractivity contribution in [3.8, 4) is 11.5 Å². The number of carboxylic acid groups (broad SMARTS) is 2. The van der Waals surface area contributed by atoms with Gasteiger partial charge in [-0.2, -0.15) is 0 Å². The zero-order chi connectivity index (χ0) is 26.6. The molecule has 0 aliphatic carbocycles. The van der Waals surface area contributed by atoms with Crippen LogP contribution in [0.15, 0.2) is 59.1 Å². The quantitative estimate of drug-likeness (QED) is 0.371. The van der Waals surface area contributed by atoms with Gasteiger partial charge >= 0.3 is 11.9 Å². The van der Waals surface area contributed by atoms with Gasteiger partial charge < -0.3 is 24.2 Å². The van der Waals surface area contributed by atoms with Gasteiger partial charge in [-0.15, -0.1) is 0 Å². The molecule has 37 heavy (non-hydrogen) atoms. The summed E-state index contributed by atoms with van der Waals surface area (Å²) in [4.78, 5) is 21.7. The van der Waals surface area contributed by atoms with E-state index >= 15 is 0 Å². The Hall–Kier alpha value is -3.85. The van der Waals surface area contributed by atoms with Crippen LogP contribution >= 0.6 is 0 Å². The molecule has 0 atom stereocenters. The van der Waals surface area contributed by atoms with Crippen LogP contribution in [0.2, 0.25) is 0 Å². The molecule has 0 spiro atoms. The molecular formula is C28H34N2O7. The lowest BCUT2D eigenvalue weighted by Crippen LogP contribution is -2.33. The topological polar surface area (TPSA) is 122 Å². The molecular weight excluding hydrogens is 476 g/mol. The number of fused-ring (bicyclic) bond motifs is 1. The van der Waals surface area contributed by atoms with E-state index < -0.39 is 11.9 Å². The summed E-state index contributed by atoms with van der Waals surface area (Å²) in [5.74, 6) is -0.408.